The van der Waals surface area contributed by atoms with Crippen molar-refractivity contribution in [1.29, 1.82) is 0 Å². The maximum atomic E-state index is 12.8. The highest BCUT2D eigenvalue weighted by Gasteiger charge is 2.41. The van der Waals surface area contributed by atoms with Gasteiger partial charge < -0.3 is 9.16 Å². The maximum absolute atomic E-state index is 12.8. The van der Waals surface area contributed by atoms with Gasteiger partial charge in [0.15, 0.2) is 0 Å². The minimum absolute atomic E-state index is 0.0799. The monoisotopic (exact) mass is 344 g/mol. The summed E-state index contributed by atoms with van der Waals surface area (Å²) in [6, 6.07) is 0. The lowest BCUT2D eigenvalue weighted by atomic mass is 9.81. The molecule has 0 fully saturated rings. The summed E-state index contributed by atoms with van der Waals surface area (Å²) in [6.07, 6.45) is 4.80. The van der Waals surface area contributed by atoms with Gasteiger partial charge in [0, 0.05) is 0 Å². The third-order valence-corrected chi connectivity index (χ3v) is 5.12. The van der Waals surface area contributed by atoms with E-state index in [0.717, 1.165) is 25.7 Å². The fourth-order valence-electron chi connectivity index (χ4n) is 2.51. The molecule has 4 nitrogen and oxygen atoms in total. The second-order valence-electron chi connectivity index (χ2n) is 7.36. The second-order valence-corrected chi connectivity index (χ2v) is 11.8. The van der Waals surface area contributed by atoms with Gasteiger partial charge in [0.2, 0.25) is 8.32 Å². The average molecular weight is 345 g/mol. The molecule has 5 heteroatoms. The van der Waals surface area contributed by atoms with Gasteiger partial charge in [0.05, 0.1) is 5.92 Å². The van der Waals surface area contributed by atoms with Gasteiger partial charge in [0.25, 0.3) is 0 Å². The third-order valence-electron chi connectivity index (χ3n) is 4.33. The number of hydrogen-bond donors (Lipinski definition) is 0. The van der Waals surface area contributed by atoms with E-state index in [4.69, 9.17) is 9.16 Å². The molecule has 23 heavy (non-hydrogen) atoms. The molecule has 0 radical (unpaired) electrons. The predicted octanol–water partition coefficient (Wildman–Crippen LogP) is 4.93. The topological polar surface area (TPSA) is 52.6 Å². The molecular formula is C18H36O4Si. The molecule has 0 rings (SSSR count). The molecule has 0 heterocycles. The summed E-state index contributed by atoms with van der Waals surface area (Å²) in [7, 11) is -1.97. The first-order chi connectivity index (χ1) is 10.7. The van der Waals surface area contributed by atoms with Crippen LogP contribution < -0.4 is 0 Å². The van der Waals surface area contributed by atoms with Crippen LogP contribution in [0.2, 0.25) is 19.6 Å². The van der Waals surface area contributed by atoms with Crippen LogP contribution in [0.5, 0.6) is 0 Å². The van der Waals surface area contributed by atoms with Gasteiger partial charge in [-0.1, -0.05) is 40.5 Å². The van der Waals surface area contributed by atoms with Crippen molar-refractivity contribution in [2.75, 3.05) is 6.61 Å². The Morgan fingerprint density at radius 1 is 1.04 bits per heavy atom. The maximum Gasteiger partial charge on any atom is 0.308 e. The van der Waals surface area contributed by atoms with E-state index in [9.17, 15) is 9.59 Å². The number of ether oxygens (including phenoxy) is 1. The van der Waals surface area contributed by atoms with Crippen molar-refractivity contribution in [2.45, 2.75) is 85.9 Å². The lowest BCUT2D eigenvalue weighted by Crippen LogP contribution is -2.43. The lowest BCUT2D eigenvalue weighted by molar-refractivity contribution is -0.161. The van der Waals surface area contributed by atoms with E-state index in [0.29, 0.717) is 12.8 Å². The zero-order valence-corrected chi connectivity index (χ0v) is 17.2. The van der Waals surface area contributed by atoms with E-state index < -0.39 is 13.7 Å². The van der Waals surface area contributed by atoms with Gasteiger partial charge in [-0.05, 0) is 45.3 Å². The van der Waals surface area contributed by atoms with Crippen molar-refractivity contribution < 1.29 is 18.8 Å². The second kappa shape index (κ2) is 10.1. The molecule has 0 aromatic heterocycles. The summed E-state index contributed by atoms with van der Waals surface area (Å²) < 4.78 is 11.3. The van der Waals surface area contributed by atoms with E-state index in [2.05, 4.69) is 6.92 Å². The molecule has 0 saturated heterocycles. The molecule has 0 aliphatic heterocycles. The molecule has 0 aromatic carbocycles. The molecule has 136 valence electrons. The highest BCUT2D eigenvalue weighted by Crippen LogP contribution is 2.33. The Bertz CT molecular complexity index is 372. The smallest absolute Gasteiger partial charge is 0.308 e. The highest BCUT2D eigenvalue weighted by atomic mass is 28.4. The molecule has 0 aliphatic rings. The van der Waals surface area contributed by atoms with E-state index in [-0.39, 0.29) is 24.5 Å². The van der Waals surface area contributed by atoms with Gasteiger partial charge in [-0.15, -0.1) is 0 Å². The molecule has 0 aliphatic carbocycles. The largest absolute Gasteiger partial charge is 0.519 e. The zero-order chi connectivity index (χ0) is 18.1. The van der Waals surface area contributed by atoms with E-state index in [1.54, 1.807) is 0 Å². The van der Waals surface area contributed by atoms with Crippen LogP contribution in [0.1, 0.15) is 66.2 Å². The SMILES string of the molecule is CCCCC(CC)(COC(=O)C(CC)CC)C(=O)O[Si](C)(C)C. The first kappa shape index (κ1) is 22.2. The number of esters is 1. The molecule has 0 spiro atoms. The van der Waals surface area contributed by atoms with Crippen LogP contribution in [0.15, 0.2) is 0 Å². The number of rotatable bonds is 11. The molecule has 0 N–H and O–H groups in total. The molecule has 1 atom stereocenters. The number of carbonyl (C=O) groups excluding carboxylic acids is 2. The van der Waals surface area contributed by atoms with Crippen molar-refractivity contribution in [3.8, 4) is 0 Å². The van der Waals surface area contributed by atoms with Gasteiger partial charge in [-0.25, -0.2) is 0 Å². The first-order valence-corrected chi connectivity index (χ1v) is 12.5. The Morgan fingerprint density at radius 2 is 1.61 bits per heavy atom. The Hall–Kier alpha value is -0.843. The van der Waals surface area contributed by atoms with Gasteiger partial charge in [-0.3, -0.25) is 9.59 Å². The Balaban J connectivity index is 5.11. The van der Waals surface area contributed by atoms with Crippen LogP contribution in [-0.2, 0) is 18.8 Å². The Morgan fingerprint density at radius 3 is 2.00 bits per heavy atom. The van der Waals surface area contributed by atoms with Crippen LogP contribution in [0.3, 0.4) is 0 Å². The van der Waals surface area contributed by atoms with Crippen molar-refractivity contribution >= 4 is 20.3 Å². The van der Waals surface area contributed by atoms with Crippen molar-refractivity contribution in [3.63, 3.8) is 0 Å². The van der Waals surface area contributed by atoms with Crippen LogP contribution in [0.4, 0.5) is 0 Å². The normalized spacial score (nSPS) is 14.4. The fourth-order valence-corrected chi connectivity index (χ4v) is 3.28. The summed E-state index contributed by atoms with van der Waals surface area (Å²) in [5, 5.41) is 0. The summed E-state index contributed by atoms with van der Waals surface area (Å²) in [6.45, 7) is 14.2. The average Bonchev–Trinajstić information content (AvgIpc) is 2.47. The van der Waals surface area contributed by atoms with Crippen molar-refractivity contribution in [1.82, 2.24) is 0 Å². The van der Waals surface area contributed by atoms with Gasteiger partial charge in [0.1, 0.15) is 12.0 Å². The third kappa shape index (κ3) is 7.51. The van der Waals surface area contributed by atoms with Crippen LogP contribution in [0.25, 0.3) is 0 Å². The molecule has 0 saturated carbocycles. The lowest BCUT2D eigenvalue weighted by Gasteiger charge is -2.33. The molecule has 1 unspecified atom stereocenters. The van der Waals surface area contributed by atoms with Crippen LogP contribution in [-0.4, -0.2) is 26.9 Å². The first-order valence-electron chi connectivity index (χ1n) is 9.05. The van der Waals surface area contributed by atoms with E-state index in [1.807, 2.05) is 40.4 Å². The summed E-state index contributed by atoms with van der Waals surface area (Å²) in [4.78, 5) is 24.9. The fraction of sp³-hybridized carbons (Fsp3) is 0.889. The molecule has 0 aromatic rings. The zero-order valence-electron chi connectivity index (χ0n) is 16.2. The predicted molar refractivity (Wildman–Crippen MR) is 96.7 cm³/mol. The standard InChI is InChI=1S/C18H36O4Si/c1-8-12-13-18(11-4,17(20)22-23(5,6)7)14-21-16(19)15(9-2)10-3/h15H,8-14H2,1-7H3. The number of unbranched alkanes of at least 4 members (excludes halogenated alkanes) is 1. The number of hydrogen-bond acceptors (Lipinski definition) is 4. The van der Waals surface area contributed by atoms with E-state index in [1.165, 1.54) is 0 Å². The van der Waals surface area contributed by atoms with Crippen molar-refractivity contribution in [3.05, 3.63) is 0 Å². The minimum atomic E-state index is -1.97. The summed E-state index contributed by atoms with van der Waals surface area (Å²) in [5.41, 5.74) is -0.696. The van der Waals surface area contributed by atoms with Crippen LogP contribution in [0, 0.1) is 11.3 Å². The van der Waals surface area contributed by atoms with E-state index >= 15 is 0 Å². The van der Waals surface area contributed by atoms with Gasteiger partial charge in [-0.2, -0.15) is 0 Å². The summed E-state index contributed by atoms with van der Waals surface area (Å²) >= 11 is 0. The molecule has 0 amide bonds. The minimum Gasteiger partial charge on any atom is -0.519 e. The Labute approximate surface area is 143 Å². The van der Waals surface area contributed by atoms with Crippen LogP contribution >= 0.6 is 0 Å². The number of carbonyl (C=O) groups is 2. The highest BCUT2D eigenvalue weighted by molar-refractivity contribution is 6.71. The summed E-state index contributed by atoms with van der Waals surface area (Å²) in [5.74, 6) is -0.459. The molecular weight excluding hydrogens is 308 g/mol. The quantitative estimate of drug-likeness (QED) is 0.394. The Kier molecular flexibility index (Phi) is 9.74. The van der Waals surface area contributed by atoms with Gasteiger partial charge >= 0.3 is 11.9 Å². The van der Waals surface area contributed by atoms with Crippen molar-refractivity contribution in [2.24, 2.45) is 11.3 Å². The molecule has 0 bridgehead atoms.